The second-order valence-electron chi connectivity index (χ2n) is 0.848. The van der Waals surface area contributed by atoms with Crippen LogP contribution in [-0.2, 0) is 14.6 Å². The van der Waals surface area contributed by atoms with Crippen LogP contribution in [0.2, 0.25) is 0 Å². The summed E-state index contributed by atoms with van der Waals surface area (Å²) >= 11 is 0. The van der Waals surface area contributed by atoms with Crippen molar-refractivity contribution in [2.75, 3.05) is 20.2 Å². The van der Waals surface area contributed by atoms with Crippen LogP contribution in [0.25, 0.3) is 0 Å². The van der Waals surface area contributed by atoms with E-state index >= 15 is 0 Å². The fourth-order valence-corrected chi connectivity index (χ4v) is 0.152. The minimum Gasteiger partial charge on any atom is -0.355 e. The van der Waals surface area contributed by atoms with Gasteiger partial charge >= 0.3 is 0 Å². The Bertz CT molecular complexity index is 26.1. The average Bonchev–Trinajstić information content (AvgIpc) is 1.69. The SMILES string of the molecule is [CH2]COCOC[O]. The summed E-state index contributed by atoms with van der Waals surface area (Å²) < 4.78 is 8.80. The van der Waals surface area contributed by atoms with Crippen LogP contribution in [0.5, 0.6) is 0 Å². The smallest absolute Gasteiger partial charge is 0.183 e. The Balaban J connectivity index is 2.45. The summed E-state index contributed by atoms with van der Waals surface area (Å²) in [7, 11) is 0. The first kappa shape index (κ1) is 6.88. The minimum absolute atomic E-state index is 0.0625. The largest absolute Gasteiger partial charge is 0.355 e. The molecule has 3 heteroatoms. The van der Waals surface area contributed by atoms with E-state index in [1.165, 1.54) is 0 Å². The Hall–Kier alpha value is -0.120. The van der Waals surface area contributed by atoms with E-state index in [0.29, 0.717) is 6.61 Å². The van der Waals surface area contributed by atoms with Crippen LogP contribution < -0.4 is 0 Å². The van der Waals surface area contributed by atoms with Crippen LogP contribution >= 0.6 is 0 Å². The zero-order valence-electron chi connectivity index (χ0n) is 4.05. The molecule has 0 aliphatic rings. The topological polar surface area (TPSA) is 38.4 Å². The van der Waals surface area contributed by atoms with Crippen molar-refractivity contribution in [3.63, 3.8) is 0 Å². The summed E-state index contributed by atoms with van der Waals surface area (Å²) in [6, 6.07) is 0. The van der Waals surface area contributed by atoms with Gasteiger partial charge < -0.3 is 9.47 Å². The van der Waals surface area contributed by atoms with Crippen molar-refractivity contribution in [3.8, 4) is 0 Å². The lowest BCUT2D eigenvalue weighted by Gasteiger charge is -1.95. The van der Waals surface area contributed by atoms with Crippen molar-refractivity contribution >= 4 is 0 Å². The van der Waals surface area contributed by atoms with Gasteiger partial charge in [-0.25, -0.2) is 5.11 Å². The van der Waals surface area contributed by atoms with Gasteiger partial charge in [-0.05, 0) is 6.92 Å². The van der Waals surface area contributed by atoms with Crippen LogP contribution in [0, 0.1) is 6.92 Å². The van der Waals surface area contributed by atoms with Gasteiger partial charge in [-0.2, -0.15) is 0 Å². The normalized spacial score (nSPS) is 9.43. The fourth-order valence-electron chi connectivity index (χ4n) is 0.152. The van der Waals surface area contributed by atoms with Crippen LogP contribution in [0.15, 0.2) is 0 Å². The Kier molecular flexibility index (Phi) is 5.78. The fraction of sp³-hybridized carbons (Fsp3) is 0.750. The lowest BCUT2D eigenvalue weighted by atomic mass is 10.9. The number of ether oxygens (including phenoxy) is 2. The Morgan fingerprint density at radius 3 is 2.57 bits per heavy atom. The summed E-state index contributed by atoms with van der Waals surface area (Å²) in [5.74, 6) is 0. The molecule has 0 spiro atoms. The van der Waals surface area contributed by atoms with E-state index in [4.69, 9.17) is 0 Å². The molecule has 0 N–H and O–H groups in total. The second kappa shape index (κ2) is 5.88. The van der Waals surface area contributed by atoms with E-state index in [9.17, 15) is 5.11 Å². The molecular formula is C4H8O3. The highest BCUT2D eigenvalue weighted by atomic mass is 16.7. The Morgan fingerprint density at radius 1 is 1.43 bits per heavy atom. The van der Waals surface area contributed by atoms with E-state index in [1.54, 1.807) is 0 Å². The third kappa shape index (κ3) is 5.88. The van der Waals surface area contributed by atoms with Gasteiger partial charge in [-0.3, -0.25) is 0 Å². The van der Waals surface area contributed by atoms with E-state index in [0.717, 1.165) is 0 Å². The molecule has 0 amide bonds. The van der Waals surface area contributed by atoms with Crippen molar-refractivity contribution in [2.24, 2.45) is 0 Å². The molecule has 0 fully saturated rings. The Morgan fingerprint density at radius 2 is 2.14 bits per heavy atom. The van der Waals surface area contributed by atoms with Gasteiger partial charge in [0.1, 0.15) is 6.79 Å². The first-order chi connectivity index (χ1) is 3.41. The van der Waals surface area contributed by atoms with Gasteiger partial charge in [-0.15, -0.1) is 0 Å². The molecule has 0 atom stereocenters. The molecule has 0 rings (SSSR count). The zero-order chi connectivity index (χ0) is 5.54. The lowest BCUT2D eigenvalue weighted by molar-refractivity contribution is -0.124. The molecule has 0 aromatic heterocycles. The second-order valence-corrected chi connectivity index (χ2v) is 0.848. The average molecular weight is 104 g/mol. The number of hydrogen-bond donors (Lipinski definition) is 0. The van der Waals surface area contributed by atoms with Crippen LogP contribution in [0.3, 0.4) is 0 Å². The van der Waals surface area contributed by atoms with E-state index in [1.807, 2.05) is 0 Å². The maximum atomic E-state index is 9.48. The Labute approximate surface area is 42.9 Å². The summed E-state index contributed by atoms with van der Waals surface area (Å²) in [4.78, 5) is 0. The lowest BCUT2D eigenvalue weighted by Crippen LogP contribution is -1.98. The van der Waals surface area contributed by atoms with Crippen molar-refractivity contribution in [3.05, 3.63) is 6.92 Å². The van der Waals surface area contributed by atoms with Gasteiger partial charge in [0, 0.05) is 6.61 Å². The summed E-state index contributed by atoms with van der Waals surface area (Å²) in [6.45, 7) is 3.22. The van der Waals surface area contributed by atoms with Crippen LogP contribution in [0.1, 0.15) is 0 Å². The molecule has 7 heavy (non-hydrogen) atoms. The van der Waals surface area contributed by atoms with Gasteiger partial charge in [0.15, 0.2) is 6.79 Å². The maximum Gasteiger partial charge on any atom is 0.183 e. The third-order valence-corrected chi connectivity index (χ3v) is 0.394. The zero-order valence-corrected chi connectivity index (χ0v) is 4.05. The van der Waals surface area contributed by atoms with E-state index in [2.05, 4.69) is 16.4 Å². The number of hydrogen-bond acceptors (Lipinski definition) is 2. The molecule has 0 saturated heterocycles. The summed E-state index contributed by atoms with van der Waals surface area (Å²) in [5.41, 5.74) is 0. The third-order valence-electron chi connectivity index (χ3n) is 0.394. The molecule has 0 unspecified atom stereocenters. The standard InChI is InChI=1S/C4H8O3/c1-2-6-4-7-3-5/h1-4H2. The first-order valence-corrected chi connectivity index (χ1v) is 1.94. The molecule has 3 nitrogen and oxygen atoms in total. The molecular weight excluding hydrogens is 96.0 g/mol. The molecule has 0 saturated carbocycles. The molecule has 2 radical (unpaired) electrons. The molecule has 0 bridgehead atoms. The highest BCUT2D eigenvalue weighted by Gasteiger charge is 1.78. The molecule has 0 heterocycles. The monoisotopic (exact) mass is 104 g/mol. The van der Waals surface area contributed by atoms with Gasteiger partial charge in [0.2, 0.25) is 0 Å². The molecule has 0 aliphatic carbocycles. The first-order valence-electron chi connectivity index (χ1n) is 1.94. The predicted octanol–water partition coefficient (Wildman–Crippen LogP) is 0.199. The maximum absolute atomic E-state index is 9.48. The highest BCUT2D eigenvalue weighted by molar-refractivity contribution is 4.23. The minimum atomic E-state index is -0.542. The quantitative estimate of drug-likeness (QED) is 0.377. The van der Waals surface area contributed by atoms with E-state index < -0.39 is 6.79 Å². The molecule has 0 aromatic rings. The van der Waals surface area contributed by atoms with Crippen molar-refractivity contribution in [1.29, 1.82) is 0 Å². The van der Waals surface area contributed by atoms with Crippen molar-refractivity contribution in [1.82, 2.24) is 0 Å². The molecule has 0 aliphatic heterocycles. The molecule has 0 aromatic carbocycles. The number of rotatable bonds is 4. The van der Waals surface area contributed by atoms with Gasteiger partial charge in [0.05, 0.1) is 0 Å². The van der Waals surface area contributed by atoms with Crippen LogP contribution in [0.4, 0.5) is 0 Å². The van der Waals surface area contributed by atoms with Crippen LogP contribution in [-0.4, -0.2) is 20.2 Å². The molecule has 42 valence electrons. The summed E-state index contributed by atoms with van der Waals surface area (Å²) in [6.07, 6.45) is 0. The van der Waals surface area contributed by atoms with E-state index in [-0.39, 0.29) is 6.79 Å². The summed E-state index contributed by atoms with van der Waals surface area (Å²) in [5, 5.41) is 9.48. The van der Waals surface area contributed by atoms with Crippen molar-refractivity contribution in [2.45, 2.75) is 0 Å². The van der Waals surface area contributed by atoms with Gasteiger partial charge in [0.25, 0.3) is 0 Å². The van der Waals surface area contributed by atoms with Crippen molar-refractivity contribution < 1.29 is 14.6 Å². The van der Waals surface area contributed by atoms with Gasteiger partial charge in [-0.1, -0.05) is 0 Å². The highest BCUT2D eigenvalue weighted by Crippen LogP contribution is 1.72. The predicted molar refractivity (Wildman–Crippen MR) is 22.8 cm³/mol.